The third kappa shape index (κ3) is 4.06. The standard InChI is InChI=1S/C12H17ClN2O3S/c1-9-7-18-4-3-15(9)12-6-10(5-11(13)14-12)8-19(2,16)17/h5-6,9H,3-4,7-8H2,1-2H3. The zero-order chi connectivity index (χ0) is 14.0. The molecule has 1 aliphatic rings. The normalized spacial score (nSPS) is 20.6. The summed E-state index contributed by atoms with van der Waals surface area (Å²) < 4.78 is 28.1. The fraction of sp³-hybridized carbons (Fsp3) is 0.583. The number of sulfone groups is 1. The molecule has 1 aliphatic heterocycles. The highest BCUT2D eigenvalue weighted by atomic mass is 35.5. The molecule has 1 aromatic rings. The number of aromatic nitrogens is 1. The van der Waals surface area contributed by atoms with Gasteiger partial charge in [0.05, 0.1) is 25.0 Å². The largest absolute Gasteiger partial charge is 0.377 e. The molecule has 0 radical (unpaired) electrons. The summed E-state index contributed by atoms with van der Waals surface area (Å²) in [5, 5.41) is 0.315. The maximum atomic E-state index is 11.4. The van der Waals surface area contributed by atoms with Crippen LogP contribution in [-0.4, -0.2) is 45.5 Å². The Morgan fingerprint density at radius 2 is 2.26 bits per heavy atom. The molecule has 106 valence electrons. The number of anilines is 1. The molecule has 19 heavy (non-hydrogen) atoms. The van der Waals surface area contributed by atoms with Gasteiger partial charge in [0.15, 0.2) is 9.84 Å². The van der Waals surface area contributed by atoms with Gasteiger partial charge in [0.2, 0.25) is 0 Å². The second-order valence-corrected chi connectivity index (χ2v) is 7.37. The molecule has 7 heteroatoms. The van der Waals surface area contributed by atoms with Gasteiger partial charge in [-0.1, -0.05) is 11.6 Å². The molecule has 0 amide bonds. The average Bonchev–Trinajstić information content (AvgIpc) is 2.26. The number of hydrogen-bond acceptors (Lipinski definition) is 5. The predicted octanol–water partition coefficient (Wildman–Crippen LogP) is 1.50. The summed E-state index contributed by atoms with van der Waals surface area (Å²) in [7, 11) is -3.08. The van der Waals surface area contributed by atoms with Crippen molar-refractivity contribution in [3.8, 4) is 0 Å². The van der Waals surface area contributed by atoms with E-state index in [1.54, 1.807) is 12.1 Å². The summed E-state index contributed by atoms with van der Waals surface area (Å²) >= 11 is 5.98. The number of ether oxygens (including phenoxy) is 1. The van der Waals surface area contributed by atoms with E-state index in [0.717, 1.165) is 6.54 Å². The highest BCUT2D eigenvalue weighted by Gasteiger charge is 2.21. The highest BCUT2D eigenvalue weighted by Crippen LogP contribution is 2.22. The minimum Gasteiger partial charge on any atom is -0.377 e. The van der Waals surface area contributed by atoms with Crippen LogP contribution in [0.1, 0.15) is 12.5 Å². The number of rotatable bonds is 3. The van der Waals surface area contributed by atoms with Crippen LogP contribution in [0.2, 0.25) is 5.15 Å². The molecule has 1 atom stereocenters. The first-order chi connectivity index (χ1) is 8.85. The van der Waals surface area contributed by atoms with Gasteiger partial charge < -0.3 is 9.64 Å². The van der Waals surface area contributed by atoms with Gasteiger partial charge in [-0.2, -0.15) is 0 Å². The van der Waals surface area contributed by atoms with Gasteiger partial charge in [-0.3, -0.25) is 0 Å². The lowest BCUT2D eigenvalue weighted by atomic mass is 10.2. The zero-order valence-corrected chi connectivity index (χ0v) is 12.5. The first-order valence-corrected chi connectivity index (χ1v) is 8.47. The molecular formula is C12H17ClN2O3S. The minimum atomic E-state index is -3.08. The van der Waals surface area contributed by atoms with Gasteiger partial charge >= 0.3 is 0 Å². The molecule has 1 fully saturated rings. The van der Waals surface area contributed by atoms with Crippen molar-refractivity contribution in [1.29, 1.82) is 0 Å². The first-order valence-electron chi connectivity index (χ1n) is 6.04. The lowest BCUT2D eigenvalue weighted by Crippen LogP contribution is -2.44. The molecule has 0 bridgehead atoms. The maximum Gasteiger partial charge on any atom is 0.151 e. The van der Waals surface area contributed by atoms with Crippen molar-refractivity contribution in [2.75, 3.05) is 30.9 Å². The van der Waals surface area contributed by atoms with Gasteiger partial charge in [0.25, 0.3) is 0 Å². The molecule has 1 saturated heterocycles. The molecule has 0 spiro atoms. The molecule has 0 N–H and O–H groups in total. The first kappa shape index (κ1) is 14.6. The summed E-state index contributed by atoms with van der Waals surface area (Å²) in [6.45, 7) is 4.04. The van der Waals surface area contributed by atoms with Crippen LogP contribution in [0.15, 0.2) is 12.1 Å². The Morgan fingerprint density at radius 3 is 2.89 bits per heavy atom. The summed E-state index contributed by atoms with van der Waals surface area (Å²) in [4.78, 5) is 6.36. The van der Waals surface area contributed by atoms with Crippen molar-refractivity contribution in [1.82, 2.24) is 4.98 Å². The molecule has 1 unspecified atom stereocenters. The summed E-state index contributed by atoms with van der Waals surface area (Å²) in [6.07, 6.45) is 1.21. The Balaban J connectivity index is 2.30. The molecule has 2 heterocycles. The maximum absolute atomic E-state index is 11.4. The van der Waals surface area contributed by atoms with Crippen molar-refractivity contribution < 1.29 is 13.2 Å². The van der Waals surface area contributed by atoms with Crippen molar-refractivity contribution >= 4 is 27.3 Å². The molecule has 1 aromatic heterocycles. The van der Waals surface area contributed by atoms with E-state index in [-0.39, 0.29) is 11.8 Å². The van der Waals surface area contributed by atoms with E-state index in [0.29, 0.717) is 29.7 Å². The number of nitrogens with zero attached hydrogens (tertiary/aromatic N) is 2. The average molecular weight is 305 g/mol. The van der Waals surface area contributed by atoms with Gasteiger partial charge in [-0.15, -0.1) is 0 Å². The monoisotopic (exact) mass is 304 g/mol. The summed E-state index contributed by atoms with van der Waals surface area (Å²) in [6, 6.07) is 3.58. The van der Waals surface area contributed by atoms with Crippen molar-refractivity contribution in [3.63, 3.8) is 0 Å². The summed E-state index contributed by atoms with van der Waals surface area (Å²) in [5.74, 6) is 0.683. The fourth-order valence-corrected chi connectivity index (χ4v) is 3.13. The highest BCUT2D eigenvalue weighted by molar-refractivity contribution is 7.89. The van der Waals surface area contributed by atoms with E-state index in [2.05, 4.69) is 9.88 Å². The minimum absolute atomic E-state index is 0.0268. The van der Waals surface area contributed by atoms with Crippen molar-refractivity contribution in [2.24, 2.45) is 0 Å². The van der Waals surface area contributed by atoms with E-state index >= 15 is 0 Å². The third-order valence-corrected chi connectivity index (χ3v) is 3.98. The number of halogens is 1. The molecule has 5 nitrogen and oxygen atoms in total. The van der Waals surface area contributed by atoms with Crippen LogP contribution in [-0.2, 0) is 20.3 Å². The van der Waals surface area contributed by atoms with Crippen LogP contribution < -0.4 is 4.90 Å². The number of morpholine rings is 1. The number of pyridine rings is 1. The van der Waals surface area contributed by atoms with Crippen LogP contribution in [0.5, 0.6) is 0 Å². The van der Waals surface area contributed by atoms with Crippen LogP contribution in [0.25, 0.3) is 0 Å². The van der Waals surface area contributed by atoms with E-state index < -0.39 is 9.84 Å². The predicted molar refractivity (Wildman–Crippen MR) is 75.4 cm³/mol. The molecule has 0 saturated carbocycles. The quantitative estimate of drug-likeness (QED) is 0.792. The Kier molecular flexibility index (Phi) is 4.32. The Morgan fingerprint density at radius 1 is 1.53 bits per heavy atom. The van der Waals surface area contributed by atoms with Crippen LogP contribution >= 0.6 is 11.6 Å². The lowest BCUT2D eigenvalue weighted by Gasteiger charge is -2.34. The van der Waals surface area contributed by atoms with Crippen molar-refractivity contribution in [3.05, 3.63) is 22.8 Å². The fourth-order valence-electron chi connectivity index (χ4n) is 2.14. The van der Waals surface area contributed by atoms with Crippen LogP contribution in [0.4, 0.5) is 5.82 Å². The Bertz CT molecular complexity index is 562. The topological polar surface area (TPSA) is 59.5 Å². The van der Waals surface area contributed by atoms with E-state index in [1.807, 2.05) is 6.92 Å². The summed E-state index contributed by atoms with van der Waals surface area (Å²) in [5.41, 5.74) is 0.663. The third-order valence-electron chi connectivity index (χ3n) is 2.93. The molecule has 0 aromatic carbocycles. The lowest BCUT2D eigenvalue weighted by molar-refractivity contribution is 0.0985. The van der Waals surface area contributed by atoms with Gasteiger partial charge in [0, 0.05) is 12.8 Å². The SMILES string of the molecule is CC1COCCN1c1cc(CS(C)(=O)=O)cc(Cl)n1. The number of hydrogen-bond donors (Lipinski definition) is 0. The van der Waals surface area contributed by atoms with Gasteiger partial charge in [-0.25, -0.2) is 13.4 Å². The van der Waals surface area contributed by atoms with E-state index in [1.165, 1.54) is 6.26 Å². The van der Waals surface area contributed by atoms with Crippen molar-refractivity contribution in [2.45, 2.75) is 18.7 Å². The zero-order valence-electron chi connectivity index (χ0n) is 11.0. The van der Waals surface area contributed by atoms with E-state index in [9.17, 15) is 8.42 Å². The van der Waals surface area contributed by atoms with Gasteiger partial charge in [0.1, 0.15) is 11.0 Å². The smallest absolute Gasteiger partial charge is 0.151 e. The Labute approximate surface area is 118 Å². The molecular weight excluding hydrogens is 288 g/mol. The molecule has 0 aliphatic carbocycles. The van der Waals surface area contributed by atoms with Crippen LogP contribution in [0.3, 0.4) is 0 Å². The second-order valence-electron chi connectivity index (χ2n) is 4.84. The Hall–Kier alpha value is -0.850. The second kappa shape index (κ2) is 5.64. The van der Waals surface area contributed by atoms with Crippen LogP contribution in [0, 0.1) is 0 Å². The van der Waals surface area contributed by atoms with Gasteiger partial charge in [-0.05, 0) is 24.6 Å². The van der Waals surface area contributed by atoms with E-state index in [4.69, 9.17) is 16.3 Å². The molecule has 2 rings (SSSR count).